The molecular formula is C16H20O2. The van der Waals surface area contributed by atoms with Crippen LogP contribution in [0.2, 0.25) is 0 Å². The number of benzene rings is 1. The Kier molecular flexibility index (Phi) is 2.44. The SMILES string of the molecule is Cc1c(O)c(C(C)C)cc2c1C=CC1(CCC1)O2. The van der Waals surface area contributed by atoms with Crippen LogP contribution in [-0.2, 0) is 0 Å². The molecule has 1 N–H and O–H groups in total. The van der Waals surface area contributed by atoms with Gasteiger partial charge in [-0.25, -0.2) is 0 Å². The molecule has 0 saturated heterocycles. The molecule has 1 heterocycles. The Balaban J connectivity index is 2.11. The first-order chi connectivity index (χ1) is 8.52. The topological polar surface area (TPSA) is 29.5 Å². The highest BCUT2D eigenvalue weighted by atomic mass is 16.5. The van der Waals surface area contributed by atoms with Gasteiger partial charge in [-0.15, -0.1) is 0 Å². The summed E-state index contributed by atoms with van der Waals surface area (Å²) in [5, 5.41) is 10.2. The predicted molar refractivity (Wildman–Crippen MR) is 73.2 cm³/mol. The van der Waals surface area contributed by atoms with Gasteiger partial charge in [-0.05, 0) is 44.2 Å². The lowest BCUT2D eigenvalue weighted by atomic mass is 9.78. The molecule has 3 rings (SSSR count). The Morgan fingerprint density at radius 3 is 2.61 bits per heavy atom. The number of rotatable bonds is 1. The molecule has 2 heteroatoms. The average molecular weight is 244 g/mol. The fourth-order valence-electron chi connectivity index (χ4n) is 2.83. The number of phenolic OH excluding ortho intramolecular Hbond substituents is 1. The number of ether oxygens (including phenoxy) is 1. The minimum Gasteiger partial charge on any atom is -0.507 e. The number of fused-ring (bicyclic) bond motifs is 1. The van der Waals surface area contributed by atoms with E-state index in [-0.39, 0.29) is 5.60 Å². The lowest BCUT2D eigenvalue weighted by Crippen LogP contribution is -2.42. The fourth-order valence-corrected chi connectivity index (χ4v) is 2.83. The first-order valence-corrected chi connectivity index (χ1v) is 6.77. The highest BCUT2D eigenvalue weighted by molar-refractivity contribution is 5.69. The van der Waals surface area contributed by atoms with E-state index in [4.69, 9.17) is 4.74 Å². The van der Waals surface area contributed by atoms with Crippen molar-refractivity contribution < 1.29 is 9.84 Å². The Morgan fingerprint density at radius 1 is 1.33 bits per heavy atom. The maximum Gasteiger partial charge on any atom is 0.128 e. The average Bonchev–Trinajstić information content (AvgIpc) is 2.30. The van der Waals surface area contributed by atoms with Crippen LogP contribution in [0.1, 0.15) is 55.7 Å². The summed E-state index contributed by atoms with van der Waals surface area (Å²) in [4.78, 5) is 0. The van der Waals surface area contributed by atoms with Crippen LogP contribution in [0.5, 0.6) is 11.5 Å². The minimum atomic E-state index is -0.0509. The standard InChI is InChI=1S/C16H20O2/c1-10(2)13-9-14-12(11(3)15(13)17)5-8-16(18-14)6-4-7-16/h5,8-10,17H,4,6-7H2,1-3H3. The van der Waals surface area contributed by atoms with E-state index in [9.17, 15) is 5.11 Å². The van der Waals surface area contributed by atoms with Gasteiger partial charge in [0.25, 0.3) is 0 Å². The molecule has 1 aliphatic heterocycles. The smallest absolute Gasteiger partial charge is 0.128 e. The molecule has 0 radical (unpaired) electrons. The van der Waals surface area contributed by atoms with E-state index in [0.29, 0.717) is 11.7 Å². The molecule has 0 amide bonds. The second-order valence-corrected chi connectivity index (χ2v) is 5.86. The first kappa shape index (κ1) is 11.6. The van der Waals surface area contributed by atoms with E-state index in [1.807, 2.05) is 13.0 Å². The van der Waals surface area contributed by atoms with Crippen LogP contribution < -0.4 is 4.74 Å². The van der Waals surface area contributed by atoms with Crippen molar-refractivity contribution in [2.45, 2.75) is 51.6 Å². The molecule has 1 aromatic rings. The van der Waals surface area contributed by atoms with Crippen molar-refractivity contribution in [3.63, 3.8) is 0 Å². The van der Waals surface area contributed by atoms with E-state index in [0.717, 1.165) is 35.3 Å². The van der Waals surface area contributed by atoms with Crippen molar-refractivity contribution in [3.8, 4) is 11.5 Å². The zero-order valence-electron chi connectivity index (χ0n) is 11.3. The van der Waals surface area contributed by atoms with Crippen molar-refractivity contribution >= 4 is 6.08 Å². The second-order valence-electron chi connectivity index (χ2n) is 5.86. The van der Waals surface area contributed by atoms with Crippen molar-refractivity contribution in [3.05, 3.63) is 28.8 Å². The largest absolute Gasteiger partial charge is 0.507 e. The summed E-state index contributed by atoms with van der Waals surface area (Å²) >= 11 is 0. The first-order valence-electron chi connectivity index (χ1n) is 6.77. The molecule has 96 valence electrons. The van der Waals surface area contributed by atoms with Crippen molar-refractivity contribution in [1.29, 1.82) is 0 Å². The van der Waals surface area contributed by atoms with Crippen LogP contribution in [0.3, 0.4) is 0 Å². The summed E-state index contributed by atoms with van der Waals surface area (Å²) in [7, 11) is 0. The maximum absolute atomic E-state index is 10.2. The third-order valence-electron chi connectivity index (χ3n) is 4.27. The molecule has 1 saturated carbocycles. The number of phenols is 1. The molecule has 1 fully saturated rings. The molecule has 0 aromatic heterocycles. The Labute approximate surface area is 108 Å². The molecule has 0 bridgehead atoms. The Hall–Kier alpha value is -1.44. The molecule has 18 heavy (non-hydrogen) atoms. The van der Waals surface area contributed by atoms with Crippen LogP contribution in [-0.4, -0.2) is 10.7 Å². The quantitative estimate of drug-likeness (QED) is 0.804. The lowest BCUT2D eigenvalue weighted by molar-refractivity contribution is 0.0380. The van der Waals surface area contributed by atoms with Gasteiger partial charge in [0.15, 0.2) is 0 Å². The molecule has 1 aromatic carbocycles. The summed E-state index contributed by atoms with van der Waals surface area (Å²) in [6, 6.07) is 2.02. The van der Waals surface area contributed by atoms with Crippen LogP contribution in [0.15, 0.2) is 12.1 Å². The molecule has 0 unspecified atom stereocenters. The summed E-state index contributed by atoms with van der Waals surface area (Å²) in [6.07, 6.45) is 7.75. The van der Waals surface area contributed by atoms with Crippen LogP contribution in [0, 0.1) is 6.92 Å². The predicted octanol–water partition coefficient (Wildman–Crippen LogP) is 4.15. The van der Waals surface area contributed by atoms with Crippen molar-refractivity contribution in [1.82, 2.24) is 0 Å². The van der Waals surface area contributed by atoms with Crippen molar-refractivity contribution in [2.24, 2.45) is 0 Å². The highest BCUT2D eigenvalue weighted by Crippen LogP contribution is 2.46. The second kappa shape index (κ2) is 3.78. The van der Waals surface area contributed by atoms with Crippen molar-refractivity contribution in [2.75, 3.05) is 0 Å². The van der Waals surface area contributed by atoms with Gasteiger partial charge in [0.05, 0.1) is 0 Å². The Bertz CT molecular complexity index is 522. The monoisotopic (exact) mass is 244 g/mol. The summed E-state index contributed by atoms with van der Waals surface area (Å²) in [5.41, 5.74) is 2.90. The summed E-state index contributed by atoms with van der Waals surface area (Å²) in [5.74, 6) is 1.67. The molecule has 1 aliphatic carbocycles. The summed E-state index contributed by atoms with van der Waals surface area (Å²) < 4.78 is 6.18. The minimum absolute atomic E-state index is 0.0509. The third-order valence-corrected chi connectivity index (χ3v) is 4.27. The van der Waals surface area contributed by atoms with E-state index in [1.54, 1.807) is 0 Å². The number of aromatic hydroxyl groups is 1. The van der Waals surface area contributed by atoms with E-state index >= 15 is 0 Å². The van der Waals surface area contributed by atoms with E-state index in [1.165, 1.54) is 6.42 Å². The fraction of sp³-hybridized carbons (Fsp3) is 0.500. The van der Waals surface area contributed by atoms with Crippen LogP contribution >= 0.6 is 0 Å². The third kappa shape index (κ3) is 1.55. The van der Waals surface area contributed by atoms with Gasteiger partial charge in [0, 0.05) is 16.7 Å². The molecule has 1 spiro atoms. The van der Waals surface area contributed by atoms with Gasteiger partial charge in [0.1, 0.15) is 17.1 Å². The van der Waals surface area contributed by atoms with Gasteiger partial charge in [-0.3, -0.25) is 0 Å². The summed E-state index contributed by atoms with van der Waals surface area (Å²) in [6.45, 7) is 6.16. The van der Waals surface area contributed by atoms with E-state index < -0.39 is 0 Å². The molecular weight excluding hydrogens is 224 g/mol. The van der Waals surface area contributed by atoms with Gasteiger partial charge < -0.3 is 9.84 Å². The molecule has 2 nitrogen and oxygen atoms in total. The van der Waals surface area contributed by atoms with Gasteiger partial charge in [-0.1, -0.05) is 19.9 Å². The highest BCUT2D eigenvalue weighted by Gasteiger charge is 2.39. The van der Waals surface area contributed by atoms with Gasteiger partial charge in [0.2, 0.25) is 0 Å². The maximum atomic E-state index is 10.2. The zero-order chi connectivity index (χ0) is 12.9. The number of hydrogen-bond acceptors (Lipinski definition) is 2. The molecule has 2 aliphatic rings. The lowest BCUT2D eigenvalue weighted by Gasteiger charge is -2.42. The van der Waals surface area contributed by atoms with Gasteiger partial charge in [-0.2, -0.15) is 0 Å². The normalized spacial score (nSPS) is 19.6. The number of hydrogen-bond donors (Lipinski definition) is 1. The van der Waals surface area contributed by atoms with E-state index in [2.05, 4.69) is 26.0 Å². The zero-order valence-corrected chi connectivity index (χ0v) is 11.3. The molecule has 0 atom stereocenters. The van der Waals surface area contributed by atoms with Crippen LogP contribution in [0.4, 0.5) is 0 Å². The van der Waals surface area contributed by atoms with Crippen LogP contribution in [0.25, 0.3) is 6.08 Å². The Morgan fingerprint density at radius 2 is 2.06 bits per heavy atom. The van der Waals surface area contributed by atoms with Gasteiger partial charge >= 0.3 is 0 Å².